The zero-order chi connectivity index (χ0) is 12.1. The van der Waals surface area contributed by atoms with Crippen molar-refractivity contribution in [3.05, 3.63) is 28.7 Å². The number of carbonyl (C=O) groups excluding carboxylic acids is 1. The lowest BCUT2D eigenvalue weighted by molar-refractivity contribution is -0.137. The van der Waals surface area contributed by atoms with Gasteiger partial charge in [-0.05, 0) is 18.2 Å². The number of hydrogen-bond acceptors (Lipinski definition) is 3. The summed E-state index contributed by atoms with van der Waals surface area (Å²) in [6, 6.07) is 7.46. The molecule has 5 heteroatoms. The molecule has 0 radical (unpaired) electrons. The van der Waals surface area contributed by atoms with Gasteiger partial charge in [-0.3, -0.25) is 4.79 Å². The van der Waals surface area contributed by atoms with Crippen molar-refractivity contribution in [1.29, 1.82) is 0 Å². The van der Waals surface area contributed by atoms with E-state index in [9.17, 15) is 4.79 Å². The Morgan fingerprint density at radius 3 is 2.88 bits per heavy atom. The number of benzene rings is 1. The molecular formula is C12H14BrNO3. The minimum atomic E-state index is 0.00766. The molecule has 1 aromatic carbocycles. The molecule has 0 unspecified atom stereocenters. The second-order valence-corrected chi connectivity index (χ2v) is 4.65. The van der Waals surface area contributed by atoms with E-state index in [0.717, 1.165) is 4.47 Å². The van der Waals surface area contributed by atoms with Crippen molar-refractivity contribution in [1.82, 2.24) is 4.90 Å². The molecule has 1 fully saturated rings. The van der Waals surface area contributed by atoms with Crippen LogP contribution in [0.4, 0.5) is 0 Å². The number of hydrogen-bond donors (Lipinski definition) is 0. The van der Waals surface area contributed by atoms with E-state index in [1.165, 1.54) is 0 Å². The van der Waals surface area contributed by atoms with Crippen molar-refractivity contribution < 1.29 is 14.3 Å². The summed E-state index contributed by atoms with van der Waals surface area (Å²) >= 11 is 3.35. The third-order valence-corrected chi connectivity index (χ3v) is 3.02. The first-order valence-electron chi connectivity index (χ1n) is 5.49. The highest BCUT2D eigenvalue weighted by Crippen LogP contribution is 2.17. The van der Waals surface area contributed by atoms with Gasteiger partial charge in [0.25, 0.3) is 5.91 Å². The Hall–Kier alpha value is -1.07. The molecule has 0 atom stereocenters. The molecule has 92 valence electrons. The molecule has 0 N–H and O–H groups in total. The summed E-state index contributed by atoms with van der Waals surface area (Å²) in [4.78, 5) is 13.6. The quantitative estimate of drug-likeness (QED) is 0.852. The van der Waals surface area contributed by atoms with Crippen LogP contribution in [0.5, 0.6) is 5.75 Å². The molecule has 1 aromatic rings. The van der Waals surface area contributed by atoms with Crippen LogP contribution in [0.3, 0.4) is 0 Å². The first-order valence-corrected chi connectivity index (χ1v) is 6.29. The predicted molar refractivity (Wildman–Crippen MR) is 67.0 cm³/mol. The topological polar surface area (TPSA) is 38.8 Å². The number of nitrogens with zero attached hydrogens (tertiary/aromatic N) is 1. The van der Waals surface area contributed by atoms with E-state index in [1.54, 1.807) is 4.90 Å². The van der Waals surface area contributed by atoms with Crippen LogP contribution in [0.2, 0.25) is 0 Å². The van der Waals surface area contributed by atoms with E-state index in [1.807, 2.05) is 24.3 Å². The van der Waals surface area contributed by atoms with Crippen LogP contribution in [0.1, 0.15) is 0 Å². The Morgan fingerprint density at radius 1 is 1.41 bits per heavy atom. The van der Waals surface area contributed by atoms with Crippen LogP contribution in [0.25, 0.3) is 0 Å². The fourth-order valence-electron chi connectivity index (χ4n) is 1.61. The summed E-state index contributed by atoms with van der Waals surface area (Å²) in [7, 11) is 0. The first kappa shape index (κ1) is 12.4. The number of rotatable bonds is 3. The lowest BCUT2D eigenvalue weighted by Crippen LogP contribution is -2.42. The average Bonchev–Trinajstić information content (AvgIpc) is 2.37. The van der Waals surface area contributed by atoms with Gasteiger partial charge >= 0.3 is 0 Å². The van der Waals surface area contributed by atoms with E-state index in [4.69, 9.17) is 9.47 Å². The van der Waals surface area contributed by atoms with E-state index in [0.29, 0.717) is 32.1 Å². The van der Waals surface area contributed by atoms with Gasteiger partial charge in [-0.2, -0.15) is 0 Å². The second kappa shape index (κ2) is 6.02. The Morgan fingerprint density at radius 2 is 2.18 bits per heavy atom. The van der Waals surface area contributed by atoms with Crippen LogP contribution < -0.4 is 4.74 Å². The van der Waals surface area contributed by atoms with Gasteiger partial charge in [0.1, 0.15) is 5.75 Å². The maximum absolute atomic E-state index is 11.8. The van der Waals surface area contributed by atoms with Crippen molar-refractivity contribution in [2.24, 2.45) is 0 Å². The van der Waals surface area contributed by atoms with Gasteiger partial charge in [0.2, 0.25) is 0 Å². The fourth-order valence-corrected chi connectivity index (χ4v) is 1.98. The third kappa shape index (κ3) is 3.71. The van der Waals surface area contributed by atoms with Crippen LogP contribution in [-0.4, -0.2) is 43.7 Å². The monoisotopic (exact) mass is 299 g/mol. The van der Waals surface area contributed by atoms with Gasteiger partial charge in [0.05, 0.1) is 13.2 Å². The molecule has 0 bridgehead atoms. The molecule has 1 amide bonds. The fraction of sp³-hybridized carbons (Fsp3) is 0.417. The summed E-state index contributed by atoms with van der Waals surface area (Å²) < 4.78 is 11.6. The van der Waals surface area contributed by atoms with Gasteiger partial charge in [0.15, 0.2) is 6.61 Å². The third-order valence-electron chi connectivity index (χ3n) is 2.52. The van der Waals surface area contributed by atoms with Crippen LogP contribution in [0.15, 0.2) is 28.7 Å². The van der Waals surface area contributed by atoms with Crippen molar-refractivity contribution in [3.8, 4) is 5.75 Å². The molecule has 1 saturated heterocycles. The van der Waals surface area contributed by atoms with Crippen LogP contribution in [-0.2, 0) is 9.53 Å². The molecule has 2 rings (SSSR count). The molecule has 17 heavy (non-hydrogen) atoms. The highest BCUT2D eigenvalue weighted by Gasteiger charge is 2.16. The Bertz CT molecular complexity index is 391. The Kier molecular flexibility index (Phi) is 4.39. The number of morpholine rings is 1. The minimum absolute atomic E-state index is 0.00766. The molecule has 0 spiro atoms. The molecule has 4 nitrogen and oxygen atoms in total. The zero-order valence-electron chi connectivity index (χ0n) is 9.39. The summed E-state index contributed by atoms with van der Waals surface area (Å²) in [6.45, 7) is 2.61. The summed E-state index contributed by atoms with van der Waals surface area (Å²) in [5.74, 6) is 0.703. The minimum Gasteiger partial charge on any atom is -0.484 e. The standard InChI is InChI=1S/C12H14BrNO3/c13-10-2-1-3-11(8-10)17-9-12(15)14-4-6-16-7-5-14/h1-3,8H,4-7,9H2. The van der Waals surface area contributed by atoms with E-state index in [2.05, 4.69) is 15.9 Å². The Labute approximate surface area is 109 Å². The molecule has 1 aliphatic heterocycles. The average molecular weight is 300 g/mol. The lowest BCUT2D eigenvalue weighted by Gasteiger charge is -2.26. The summed E-state index contributed by atoms with van der Waals surface area (Å²) in [5.41, 5.74) is 0. The number of amides is 1. The van der Waals surface area contributed by atoms with Crippen molar-refractivity contribution in [3.63, 3.8) is 0 Å². The molecular weight excluding hydrogens is 286 g/mol. The van der Waals surface area contributed by atoms with Crippen LogP contribution in [0, 0.1) is 0 Å². The maximum atomic E-state index is 11.8. The number of halogens is 1. The van der Waals surface area contributed by atoms with Gasteiger partial charge in [-0.25, -0.2) is 0 Å². The maximum Gasteiger partial charge on any atom is 0.260 e. The van der Waals surface area contributed by atoms with Gasteiger partial charge in [-0.15, -0.1) is 0 Å². The first-order chi connectivity index (χ1) is 8.25. The Balaban J connectivity index is 1.83. The van der Waals surface area contributed by atoms with Crippen molar-refractivity contribution in [2.75, 3.05) is 32.9 Å². The molecule has 0 aromatic heterocycles. The van der Waals surface area contributed by atoms with Gasteiger partial charge < -0.3 is 14.4 Å². The number of ether oxygens (including phenoxy) is 2. The highest BCUT2D eigenvalue weighted by molar-refractivity contribution is 9.10. The summed E-state index contributed by atoms with van der Waals surface area (Å²) in [6.07, 6.45) is 0. The summed E-state index contributed by atoms with van der Waals surface area (Å²) in [5, 5.41) is 0. The lowest BCUT2D eigenvalue weighted by atomic mass is 10.3. The zero-order valence-corrected chi connectivity index (χ0v) is 11.0. The molecule has 1 aliphatic rings. The smallest absolute Gasteiger partial charge is 0.260 e. The molecule has 0 aliphatic carbocycles. The second-order valence-electron chi connectivity index (χ2n) is 3.74. The van der Waals surface area contributed by atoms with Crippen molar-refractivity contribution in [2.45, 2.75) is 0 Å². The molecule has 0 saturated carbocycles. The highest BCUT2D eigenvalue weighted by atomic mass is 79.9. The SMILES string of the molecule is O=C(COc1cccc(Br)c1)N1CCOCC1. The normalized spacial score (nSPS) is 15.7. The van der Waals surface area contributed by atoms with Crippen molar-refractivity contribution >= 4 is 21.8 Å². The van der Waals surface area contributed by atoms with E-state index < -0.39 is 0 Å². The van der Waals surface area contributed by atoms with Gasteiger partial charge in [-0.1, -0.05) is 22.0 Å². The molecule has 1 heterocycles. The van der Waals surface area contributed by atoms with E-state index >= 15 is 0 Å². The van der Waals surface area contributed by atoms with E-state index in [-0.39, 0.29) is 12.5 Å². The van der Waals surface area contributed by atoms with Gasteiger partial charge in [0, 0.05) is 17.6 Å². The number of carbonyl (C=O) groups is 1. The predicted octanol–water partition coefficient (Wildman–Crippen LogP) is 1.69. The van der Waals surface area contributed by atoms with Crippen LogP contribution >= 0.6 is 15.9 Å². The largest absolute Gasteiger partial charge is 0.484 e.